The topological polar surface area (TPSA) is 46.3 Å². The Morgan fingerprint density at radius 3 is 2.30 bits per heavy atom. The number of thiocarbonyl (C=S) groups is 1. The van der Waals surface area contributed by atoms with Gasteiger partial charge in [-0.25, -0.2) is 0 Å². The van der Waals surface area contributed by atoms with Crippen molar-refractivity contribution in [1.29, 1.82) is 0 Å². The van der Waals surface area contributed by atoms with Crippen LogP contribution >= 0.6 is 12.2 Å². The first kappa shape index (κ1) is 15.7. The number of carbonyl (C=O) groups is 1. The Kier molecular flexibility index (Phi) is 5.42. The molecule has 20 heavy (non-hydrogen) atoms. The summed E-state index contributed by atoms with van der Waals surface area (Å²) in [6.45, 7) is 3.89. The molecule has 0 aromatic carbocycles. The quantitative estimate of drug-likeness (QED) is 0.604. The minimum absolute atomic E-state index is 0.223. The van der Waals surface area contributed by atoms with Crippen LogP contribution in [-0.2, 0) is 4.79 Å². The highest BCUT2D eigenvalue weighted by Crippen LogP contribution is 2.39. The van der Waals surface area contributed by atoms with Crippen molar-refractivity contribution in [2.24, 2.45) is 17.1 Å². The van der Waals surface area contributed by atoms with Crippen LogP contribution in [0.5, 0.6) is 0 Å². The number of hydrogen-bond donors (Lipinski definition) is 1. The Labute approximate surface area is 128 Å². The first-order chi connectivity index (χ1) is 9.60. The molecule has 0 aromatic rings. The molecule has 4 heteroatoms. The van der Waals surface area contributed by atoms with E-state index in [1.54, 1.807) is 0 Å². The molecule has 0 unspecified atom stereocenters. The Morgan fingerprint density at radius 2 is 1.85 bits per heavy atom. The highest BCUT2D eigenvalue weighted by molar-refractivity contribution is 7.80. The second-order valence-electron chi connectivity index (χ2n) is 6.56. The molecule has 2 aliphatic rings. The molecule has 2 aliphatic carbocycles. The molecule has 0 bridgehead atoms. The van der Waals surface area contributed by atoms with Gasteiger partial charge in [0, 0.05) is 13.1 Å². The van der Waals surface area contributed by atoms with Crippen molar-refractivity contribution >= 4 is 23.1 Å². The Bertz CT molecular complexity index is 357. The first-order valence-corrected chi connectivity index (χ1v) is 8.60. The van der Waals surface area contributed by atoms with E-state index in [1.165, 1.54) is 25.7 Å². The van der Waals surface area contributed by atoms with Gasteiger partial charge in [0.1, 0.15) is 0 Å². The molecule has 2 saturated carbocycles. The van der Waals surface area contributed by atoms with Crippen molar-refractivity contribution in [2.75, 3.05) is 13.1 Å². The van der Waals surface area contributed by atoms with E-state index in [0.29, 0.717) is 4.99 Å². The molecule has 2 fully saturated rings. The third-order valence-electron chi connectivity index (χ3n) is 4.79. The van der Waals surface area contributed by atoms with Gasteiger partial charge >= 0.3 is 0 Å². The number of amides is 1. The van der Waals surface area contributed by atoms with Crippen LogP contribution in [-0.4, -0.2) is 28.9 Å². The molecule has 1 amide bonds. The van der Waals surface area contributed by atoms with Crippen LogP contribution < -0.4 is 5.73 Å². The van der Waals surface area contributed by atoms with E-state index in [9.17, 15) is 4.79 Å². The van der Waals surface area contributed by atoms with E-state index < -0.39 is 5.41 Å². The fourth-order valence-corrected chi connectivity index (χ4v) is 3.65. The second kappa shape index (κ2) is 6.88. The van der Waals surface area contributed by atoms with E-state index in [2.05, 4.69) is 11.8 Å². The molecule has 0 atom stereocenters. The standard InChI is InChI=1S/C16H28N2OS/c1-2-11-18(12-13-7-8-13)15(19)16(14(17)20)9-5-3-4-6-10-16/h13H,2-12H2,1H3,(H2,17,20). The zero-order valence-corrected chi connectivity index (χ0v) is 13.5. The summed E-state index contributed by atoms with van der Waals surface area (Å²) in [5.41, 5.74) is 5.49. The van der Waals surface area contributed by atoms with Gasteiger partial charge in [-0.15, -0.1) is 0 Å². The van der Waals surface area contributed by atoms with E-state index in [1.807, 2.05) is 0 Å². The predicted molar refractivity (Wildman–Crippen MR) is 86.5 cm³/mol. The lowest BCUT2D eigenvalue weighted by Crippen LogP contribution is -2.51. The molecule has 0 heterocycles. The summed E-state index contributed by atoms with van der Waals surface area (Å²) in [7, 11) is 0. The average Bonchev–Trinajstić information content (AvgIpc) is 3.23. The normalized spacial score (nSPS) is 22.1. The van der Waals surface area contributed by atoms with E-state index in [-0.39, 0.29) is 5.91 Å². The zero-order valence-electron chi connectivity index (χ0n) is 12.7. The van der Waals surface area contributed by atoms with Gasteiger partial charge in [-0.05, 0) is 38.0 Å². The predicted octanol–water partition coefficient (Wildman–Crippen LogP) is 3.26. The molecule has 0 aliphatic heterocycles. The van der Waals surface area contributed by atoms with Gasteiger partial charge in [0.15, 0.2) is 0 Å². The molecule has 3 nitrogen and oxygen atoms in total. The molecule has 0 radical (unpaired) electrons. The lowest BCUT2D eigenvalue weighted by atomic mass is 9.78. The molecule has 2 rings (SSSR count). The molecular formula is C16H28N2OS. The Morgan fingerprint density at radius 1 is 1.25 bits per heavy atom. The molecule has 2 N–H and O–H groups in total. The highest BCUT2D eigenvalue weighted by atomic mass is 32.1. The molecular weight excluding hydrogens is 268 g/mol. The summed E-state index contributed by atoms with van der Waals surface area (Å²) in [6, 6.07) is 0. The maximum Gasteiger partial charge on any atom is 0.235 e. The van der Waals surface area contributed by atoms with Crippen LogP contribution in [0, 0.1) is 11.3 Å². The van der Waals surface area contributed by atoms with E-state index in [0.717, 1.165) is 51.1 Å². The molecule has 0 saturated heterocycles. The maximum atomic E-state index is 13.1. The zero-order chi connectivity index (χ0) is 14.6. The van der Waals surface area contributed by atoms with Crippen molar-refractivity contribution in [3.05, 3.63) is 0 Å². The van der Waals surface area contributed by atoms with Crippen molar-refractivity contribution < 1.29 is 4.79 Å². The highest BCUT2D eigenvalue weighted by Gasteiger charge is 2.44. The smallest absolute Gasteiger partial charge is 0.235 e. The second-order valence-corrected chi connectivity index (χ2v) is 6.99. The van der Waals surface area contributed by atoms with Gasteiger partial charge in [-0.3, -0.25) is 4.79 Å². The number of carbonyl (C=O) groups excluding carboxylic acids is 1. The summed E-state index contributed by atoms with van der Waals surface area (Å²) < 4.78 is 0. The van der Waals surface area contributed by atoms with Crippen molar-refractivity contribution in [2.45, 2.75) is 64.7 Å². The van der Waals surface area contributed by atoms with Gasteiger partial charge in [0.25, 0.3) is 0 Å². The van der Waals surface area contributed by atoms with Gasteiger partial charge in [-0.1, -0.05) is 44.8 Å². The number of rotatable bonds is 6. The minimum Gasteiger partial charge on any atom is -0.392 e. The minimum atomic E-state index is -0.546. The maximum absolute atomic E-state index is 13.1. The van der Waals surface area contributed by atoms with Crippen LogP contribution in [0.3, 0.4) is 0 Å². The molecule has 0 spiro atoms. The van der Waals surface area contributed by atoms with Crippen molar-refractivity contribution in [3.63, 3.8) is 0 Å². The van der Waals surface area contributed by atoms with E-state index in [4.69, 9.17) is 18.0 Å². The first-order valence-electron chi connectivity index (χ1n) is 8.19. The fraction of sp³-hybridized carbons (Fsp3) is 0.875. The van der Waals surface area contributed by atoms with Gasteiger partial charge in [0.05, 0.1) is 10.4 Å². The van der Waals surface area contributed by atoms with Crippen LogP contribution in [0.15, 0.2) is 0 Å². The molecule has 0 aromatic heterocycles. The van der Waals surface area contributed by atoms with Crippen LogP contribution in [0.1, 0.15) is 64.7 Å². The van der Waals surface area contributed by atoms with Crippen LogP contribution in [0.25, 0.3) is 0 Å². The average molecular weight is 296 g/mol. The van der Waals surface area contributed by atoms with Crippen molar-refractivity contribution in [3.8, 4) is 0 Å². The Balaban J connectivity index is 2.16. The lowest BCUT2D eigenvalue weighted by Gasteiger charge is -2.36. The molecule has 114 valence electrons. The Hall–Kier alpha value is -0.640. The monoisotopic (exact) mass is 296 g/mol. The third kappa shape index (κ3) is 3.51. The largest absolute Gasteiger partial charge is 0.392 e. The van der Waals surface area contributed by atoms with Crippen LogP contribution in [0.2, 0.25) is 0 Å². The van der Waals surface area contributed by atoms with Gasteiger partial charge < -0.3 is 10.6 Å². The summed E-state index contributed by atoms with van der Waals surface area (Å²) in [4.78, 5) is 15.6. The third-order valence-corrected chi connectivity index (χ3v) is 5.19. The summed E-state index contributed by atoms with van der Waals surface area (Å²) in [5, 5.41) is 0. The SMILES string of the molecule is CCCN(CC1CC1)C(=O)C1(C(N)=S)CCCCCC1. The fourth-order valence-electron chi connectivity index (χ4n) is 3.36. The lowest BCUT2D eigenvalue weighted by molar-refractivity contribution is -0.139. The van der Waals surface area contributed by atoms with Gasteiger partial charge in [-0.2, -0.15) is 0 Å². The number of hydrogen-bond acceptors (Lipinski definition) is 2. The summed E-state index contributed by atoms with van der Waals surface area (Å²) >= 11 is 5.33. The summed E-state index contributed by atoms with van der Waals surface area (Å²) in [5.74, 6) is 0.945. The summed E-state index contributed by atoms with van der Waals surface area (Å²) in [6.07, 6.45) is 9.81. The van der Waals surface area contributed by atoms with E-state index >= 15 is 0 Å². The van der Waals surface area contributed by atoms with Gasteiger partial charge in [0.2, 0.25) is 5.91 Å². The van der Waals surface area contributed by atoms with Crippen LogP contribution in [0.4, 0.5) is 0 Å². The van der Waals surface area contributed by atoms with Crippen molar-refractivity contribution in [1.82, 2.24) is 4.90 Å². The number of nitrogens with two attached hydrogens (primary N) is 1. The number of nitrogens with zero attached hydrogens (tertiary/aromatic N) is 1.